The van der Waals surface area contributed by atoms with Crippen molar-refractivity contribution in [2.45, 2.75) is 0 Å². The molecular formula is C10H7BrN2O2. The van der Waals surface area contributed by atoms with E-state index in [1.807, 2.05) is 30.3 Å². The minimum atomic E-state index is -1.03. The Labute approximate surface area is 94.1 Å². The van der Waals surface area contributed by atoms with Gasteiger partial charge in [0.05, 0.1) is 4.47 Å². The zero-order valence-electron chi connectivity index (χ0n) is 7.57. The molecular weight excluding hydrogens is 260 g/mol. The molecule has 0 bridgehead atoms. The van der Waals surface area contributed by atoms with Gasteiger partial charge in [-0.3, -0.25) is 5.10 Å². The number of carboxylic acids is 1. The number of aromatic carboxylic acids is 1. The molecule has 0 aliphatic carbocycles. The van der Waals surface area contributed by atoms with Crippen LogP contribution in [0.15, 0.2) is 34.8 Å². The molecule has 15 heavy (non-hydrogen) atoms. The van der Waals surface area contributed by atoms with E-state index in [4.69, 9.17) is 5.11 Å². The number of nitrogens with one attached hydrogen (secondary N) is 1. The smallest absolute Gasteiger partial charge is 0.355 e. The van der Waals surface area contributed by atoms with Gasteiger partial charge in [-0.25, -0.2) is 4.79 Å². The Kier molecular flexibility index (Phi) is 2.55. The summed E-state index contributed by atoms with van der Waals surface area (Å²) in [4.78, 5) is 10.8. The number of hydrogen-bond donors (Lipinski definition) is 2. The first-order chi connectivity index (χ1) is 7.20. The second-order valence-corrected chi connectivity index (χ2v) is 3.73. The van der Waals surface area contributed by atoms with E-state index >= 15 is 0 Å². The number of carbonyl (C=O) groups is 1. The van der Waals surface area contributed by atoms with E-state index in [9.17, 15) is 4.79 Å². The predicted molar refractivity (Wildman–Crippen MR) is 58.7 cm³/mol. The molecule has 2 aromatic rings. The van der Waals surface area contributed by atoms with E-state index < -0.39 is 5.97 Å². The third-order valence-electron chi connectivity index (χ3n) is 1.97. The van der Waals surface area contributed by atoms with Gasteiger partial charge in [0.25, 0.3) is 0 Å². The average Bonchev–Trinajstić information content (AvgIpc) is 2.61. The second-order valence-electron chi connectivity index (χ2n) is 2.93. The fourth-order valence-corrected chi connectivity index (χ4v) is 1.83. The third kappa shape index (κ3) is 1.78. The second kappa shape index (κ2) is 3.86. The highest BCUT2D eigenvalue weighted by Gasteiger charge is 2.16. The molecule has 4 nitrogen and oxygen atoms in total. The molecule has 0 atom stereocenters. The molecule has 0 aliphatic heterocycles. The summed E-state index contributed by atoms with van der Waals surface area (Å²) in [5, 5.41) is 15.3. The minimum absolute atomic E-state index is 0.0638. The lowest BCUT2D eigenvalue weighted by Crippen LogP contribution is -1.96. The molecule has 0 saturated heterocycles. The van der Waals surface area contributed by atoms with Crippen molar-refractivity contribution in [3.05, 3.63) is 40.5 Å². The van der Waals surface area contributed by atoms with Gasteiger partial charge in [-0.2, -0.15) is 5.10 Å². The van der Waals surface area contributed by atoms with Crippen molar-refractivity contribution in [2.24, 2.45) is 0 Å². The Hall–Kier alpha value is -1.62. The lowest BCUT2D eigenvalue weighted by Gasteiger charge is -1.95. The minimum Gasteiger partial charge on any atom is -0.476 e. The quantitative estimate of drug-likeness (QED) is 0.878. The first kappa shape index (κ1) is 9.92. The number of nitrogens with zero attached hydrogens (tertiary/aromatic N) is 1. The summed E-state index contributed by atoms with van der Waals surface area (Å²) in [5.74, 6) is -1.03. The first-order valence-electron chi connectivity index (χ1n) is 4.22. The van der Waals surface area contributed by atoms with Crippen molar-refractivity contribution >= 4 is 21.9 Å². The van der Waals surface area contributed by atoms with Gasteiger partial charge in [-0.05, 0) is 15.9 Å². The number of hydrogen-bond acceptors (Lipinski definition) is 2. The SMILES string of the molecule is O=C(O)c1[nH]nc(-c2ccccc2)c1Br. The molecule has 1 aromatic carbocycles. The van der Waals surface area contributed by atoms with Crippen LogP contribution in [0.25, 0.3) is 11.3 Å². The molecule has 1 aromatic heterocycles. The predicted octanol–water partition coefficient (Wildman–Crippen LogP) is 2.54. The summed E-state index contributed by atoms with van der Waals surface area (Å²) in [6, 6.07) is 9.37. The van der Waals surface area contributed by atoms with Gasteiger partial charge < -0.3 is 5.11 Å². The summed E-state index contributed by atoms with van der Waals surface area (Å²) in [7, 11) is 0. The molecule has 5 heteroatoms. The van der Waals surface area contributed by atoms with Crippen LogP contribution in [0.4, 0.5) is 0 Å². The molecule has 0 radical (unpaired) electrons. The molecule has 0 spiro atoms. The van der Waals surface area contributed by atoms with Crippen LogP contribution in [0, 0.1) is 0 Å². The molecule has 0 amide bonds. The van der Waals surface area contributed by atoms with E-state index in [1.54, 1.807) is 0 Å². The van der Waals surface area contributed by atoms with Gasteiger partial charge >= 0.3 is 5.97 Å². The van der Waals surface area contributed by atoms with E-state index in [-0.39, 0.29) is 5.69 Å². The summed E-state index contributed by atoms with van der Waals surface area (Å²) in [6.07, 6.45) is 0. The van der Waals surface area contributed by atoms with E-state index in [2.05, 4.69) is 26.1 Å². The van der Waals surface area contributed by atoms with Crippen LogP contribution >= 0.6 is 15.9 Å². The molecule has 76 valence electrons. The number of halogens is 1. The largest absolute Gasteiger partial charge is 0.476 e. The lowest BCUT2D eigenvalue weighted by atomic mass is 10.1. The zero-order chi connectivity index (χ0) is 10.8. The van der Waals surface area contributed by atoms with Crippen molar-refractivity contribution in [3.8, 4) is 11.3 Å². The topological polar surface area (TPSA) is 66.0 Å². The van der Waals surface area contributed by atoms with Crippen LogP contribution in [0.3, 0.4) is 0 Å². The highest BCUT2D eigenvalue weighted by atomic mass is 79.9. The van der Waals surface area contributed by atoms with Gasteiger partial charge in [0.1, 0.15) is 5.69 Å². The number of H-pyrrole nitrogens is 1. The Bertz CT molecular complexity index is 493. The van der Waals surface area contributed by atoms with Crippen molar-refractivity contribution in [3.63, 3.8) is 0 Å². The van der Waals surface area contributed by atoms with E-state index in [1.165, 1.54) is 0 Å². The number of carboxylic acid groups (broad SMARTS) is 1. The van der Waals surface area contributed by atoms with Crippen LogP contribution in [-0.4, -0.2) is 21.3 Å². The van der Waals surface area contributed by atoms with Crippen molar-refractivity contribution in [1.29, 1.82) is 0 Å². The third-order valence-corrected chi connectivity index (χ3v) is 2.74. The van der Waals surface area contributed by atoms with Crippen LogP contribution in [0.1, 0.15) is 10.5 Å². The molecule has 1 heterocycles. The Balaban J connectivity index is 2.52. The van der Waals surface area contributed by atoms with Gasteiger partial charge in [-0.1, -0.05) is 30.3 Å². The van der Waals surface area contributed by atoms with Gasteiger partial charge in [0.2, 0.25) is 0 Å². The van der Waals surface area contributed by atoms with Gasteiger partial charge in [0.15, 0.2) is 5.69 Å². The van der Waals surface area contributed by atoms with Gasteiger partial charge in [0, 0.05) is 5.56 Å². The molecule has 0 unspecified atom stereocenters. The molecule has 2 rings (SSSR count). The zero-order valence-corrected chi connectivity index (χ0v) is 9.15. The normalized spacial score (nSPS) is 10.2. The molecule has 0 fully saturated rings. The fourth-order valence-electron chi connectivity index (χ4n) is 1.26. The van der Waals surface area contributed by atoms with Crippen LogP contribution in [0.5, 0.6) is 0 Å². The molecule has 0 aliphatic rings. The van der Waals surface area contributed by atoms with Crippen molar-refractivity contribution in [1.82, 2.24) is 10.2 Å². The number of benzene rings is 1. The molecule has 2 N–H and O–H groups in total. The number of aromatic nitrogens is 2. The fraction of sp³-hybridized carbons (Fsp3) is 0. The maximum atomic E-state index is 10.8. The Morgan fingerprint density at radius 1 is 1.33 bits per heavy atom. The number of rotatable bonds is 2. The maximum absolute atomic E-state index is 10.8. The number of aromatic amines is 1. The summed E-state index contributed by atoms with van der Waals surface area (Å²) in [5.41, 5.74) is 1.54. The summed E-state index contributed by atoms with van der Waals surface area (Å²) in [6.45, 7) is 0. The van der Waals surface area contributed by atoms with Crippen LogP contribution in [0.2, 0.25) is 0 Å². The van der Waals surface area contributed by atoms with Crippen LogP contribution in [-0.2, 0) is 0 Å². The monoisotopic (exact) mass is 266 g/mol. The van der Waals surface area contributed by atoms with E-state index in [0.717, 1.165) is 5.56 Å². The standard InChI is InChI=1S/C10H7BrN2O2/c11-7-8(6-4-2-1-3-5-6)12-13-9(7)10(14)15/h1-5H,(H,12,13)(H,14,15). The summed E-state index contributed by atoms with van der Waals surface area (Å²) >= 11 is 3.21. The van der Waals surface area contributed by atoms with Crippen LogP contribution < -0.4 is 0 Å². The molecule has 0 saturated carbocycles. The van der Waals surface area contributed by atoms with Crippen molar-refractivity contribution < 1.29 is 9.90 Å². The average molecular weight is 267 g/mol. The summed E-state index contributed by atoms with van der Waals surface area (Å²) < 4.78 is 0.473. The Morgan fingerprint density at radius 2 is 2.00 bits per heavy atom. The lowest BCUT2D eigenvalue weighted by molar-refractivity contribution is 0.0689. The Morgan fingerprint density at radius 3 is 2.53 bits per heavy atom. The maximum Gasteiger partial charge on any atom is 0.355 e. The first-order valence-corrected chi connectivity index (χ1v) is 5.02. The van der Waals surface area contributed by atoms with Gasteiger partial charge in [-0.15, -0.1) is 0 Å². The highest BCUT2D eigenvalue weighted by Crippen LogP contribution is 2.28. The van der Waals surface area contributed by atoms with E-state index in [0.29, 0.717) is 10.2 Å². The highest BCUT2D eigenvalue weighted by molar-refractivity contribution is 9.10. The van der Waals surface area contributed by atoms with Crippen molar-refractivity contribution in [2.75, 3.05) is 0 Å².